The second-order valence-corrected chi connectivity index (χ2v) is 9.53. The summed E-state index contributed by atoms with van der Waals surface area (Å²) in [4.78, 5) is 22.2. The summed E-state index contributed by atoms with van der Waals surface area (Å²) in [6.45, 7) is 11.1. The molecule has 0 N–H and O–H groups in total. The maximum atomic E-state index is 13.1. The number of piperazine rings is 1. The molecular formula is C23H32N4O2S. The Labute approximate surface area is 183 Å². The monoisotopic (exact) mass is 428 g/mol. The Morgan fingerprint density at radius 2 is 1.93 bits per heavy atom. The summed E-state index contributed by atoms with van der Waals surface area (Å²) in [7, 11) is 0. The number of hydrogen-bond donors (Lipinski definition) is 0. The number of thioether (sulfide) groups is 1. The number of aromatic nitrogens is 2. The zero-order valence-corrected chi connectivity index (χ0v) is 19.0. The van der Waals surface area contributed by atoms with Crippen molar-refractivity contribution >= 4 is 23.4 Å². The molecule has 0 bridgehead atoms. The van der Waals surface area contributed by atoms with Crippen LogP contribution < -0.4 is 4.90 Å². The molecule has 3 heterocycles. The first-order valence-electron chi connectivity index (χ1n) is 10.9. The Bertz CT molecular complexity index is 856. The predicted molar refractivity (Wildman–Crippen MR) is 121 cm³/mol. The third-order valence-corrected chi connectivity index (χ3v) is 7.25. The van der Waals surface area contributed by atoms with Crippen LogP contribution in [0.1, 0.15) is 31.2 Å². The molecule has 0 radical (unpaired) electrons. The number of anilines is 1. The van der Waals surface area contributed by atoms with Gasteiger partial charge in [-0.15, -0.1) is 0 Å². The molecule has 1 aromatic carbocycles. The van der Waals surface area contributed by atoms with Gasteiger partial charge in [-0.1, -0.05) is 30.0 Å². The van der Waals surface area contributed by atoms with Crippen LogP contribution in [0.5, 0.6) is 0 Å². The smallest absolute Gasteiger partial charge is 0.236 e. The number of hydrogen-bond acceptors (Lipinski definition) is 5. The van der Waals surface area contributed by atoms with Crippen molar-refractivity contribution in [1.29, 1.82) is 0 Å². The SMILES string of the molecule is Cc1nc(S[C@H](C)C(=O)N2CCN(c3ccccc3)CC2)n(C[C@H]2CCCO2)c1C. The summed E-state index contributed by atoms with van der Waals surface area (Å²) >= 11 is 1.58. The van der Waals surface area contributed by atoms with E-state index in [1.54, 1.807) is 11.8 Å². The average Bonchev–Trinajstić information content (AvgIpc) is 3.38. The van der Waals surface area contributed by atoms with Crippen molar-refractivity contribution in [2.75, 3.05) is 37.7 Å². The first-order valence-corrected chi connectivity index (χ1v) is 11.8. The van der Waals surface area contributed by atoms with Gasteiger partial charge in [0.05, 0.1) is 23.6 Å². The lowest BCUT2D eigenvalue weighted by atomic mass is 10.2. The van der Waals surface area contributed by atoms with Crippen LogP contribution in [0.4, 0.5) is 5.69 Å². The topological polar surface area (TPSA) is 50.6 Å². The molecule has 1 aromatic heterocycles. The summed E-state index contributed by atoms with van der Waals surface area (Å²) in [6, 6.07) is 10.4. The van der Waals surface area contributed by atoms with Crippen molar-refractivity contribution in [2.45, 2.75) is 56.7 Å². The Morgan fingerprint density at radius 1 is 1.20 bits per heavy atom. The van der Waals surface area contributed by atoms with E-state index in [-0.39, 0.29) is 17.3 Å². The van der Waals surface area contributed by atoms with Crippen molar-refractivity contribution in [3.8, 4) is 0 Å². The van der Waals surface area contributed by atoms with E-state index in [1.165, 1.54) is 11.4 Å². The van der Waals surface area contributed by atoms with Crippen molar-refractivity contribution in [3.05, 3.63) is 41.7 Å². The Hall–Kier alpha value is -1.99. The van der Waals surface area contributed by atoms with Crippen molar-refractivity contribution in [1.82, 2.24) is 14.5 Å². The highest BCUT2D eigenvalue weighted by molar-refractivity contribution is 8.00. The fourth-order valence-corrected chi connectivity index (χ4v) is 5.30. The number of aryl methyl sites for hydroxylation is 1. The Morgan fingerprint density at radius 3 is 2.60 bits per heavy atom. The summed E-state index contributed by atoms with van der Waals surface area (Å²) in [5.41, 5.74) is 3.44. The van der Waals surface area contributed by atoms with Gasteiger partial charge < -0.3 is 19.1 Å². The number of carbonyl (C=O) groups is 1. The van der Waals surface area contributed by atoms with Crippen LogP contribution in [-0.4, -0.2) is 64.5 Å². The van der Waals surface area contributed by atoms with Gasteiger partial charge in [0, 0.05) is 44.2 Å². The molecule has 0 spiro atoms. The Kier molecular flexibility index (Phi) is 6.68. The minimum absolute atomic E-state index is 0.155. The molecule has 2 aliphatic rings. The molecule has 6 nitrogen and oxygen atoms in total. The lowest BCUT2D eigenvalue weighted by Crippen LogP contribution is -2.50. The van der Waals surface area contributed by atoms with E-state index in [1.807, 2.05) is 24.8 Å². The van der Waals surface area contributed by atoms with Crippen LogP contribution in [0.2, 0.25) is 0 Å². The fourth-order valence-electron chi connectivity index (χ4n) is 4.21. The summed E-state index contributed by atoms with van der Waals surface area (Å²) in [5.74, 6) is 0.203. The molecule has 2 fully saturated rings. The minimum Gasteiger partial charge on any atom is -0.376 e. The van der Waals surface area contributed by atoms with Crippen molar-refractivity contribution < 1.29 is 9.53 Å². The number of rotatable bonds is 6. The molecule has 0 aliphatic carbocycles. The van der Waals surface area contributed by atoms with E-state index in [2.05, 4.69) is 40.7 Å². The number of imidazole rings is 1. The zero-order valence-electron chi connectivity index (χ0n) is 18.2. The number of amides is 1. The molecule has 2 saturated heterocycles. The van der Waals surface area contributed by atoms with Gasteiger partial charge in [-0.25, -0.2) is 4.98 Å². The first-order chi connectivity index (χ1) is 14.5. The van der Waals surface area contributed by atoms with Crippen LogP contribution in [0, 0.1) is 13.8 Å². The third-order valence-electron chi connectivity index (χ3n) is 6.18. The lowest BCUT2D eigenvalue weighted by Gasteiger charge is -2.37. The molecule has 7 heteroatoms. The zero-order chi connectivity index (χ0) is 21.1. The molecule has 4 rings (SSSR count). The summed E-state index contributed by atoms with van der Waals surface area (Å²) in [6.07, 6.45) is 2.48. The molecule has 30 heavy (non-hydrogen) atoms. The third kappa shape index (κ3) is 4.67. The lowest BCUT2D eigenvalue weighted by molar-refractivity contribution is -0.130. The standard InChI is InChI=1S/C23H32N4O2S/c1-17-18(2)27(16-21-10-7-15-29-21)23(24-17)30-19(3)22(28)26-13-11-25(12-14-26)20-8-5-4-6-9-20/h4-6,8-9,19,21H,7,10-16H2,1-3H3/t19-,21-/m1/s1. The molecular weight excluding hydrogens is 396 g/mol. The van der Waals surface area contributed by atoms with E-state index in [4.69, 9.17) is 9.72 Å². The van der Waals surface area contributed by atoms with Crippen LogP contribution >= 0.6 is 11.8 Å². The van der Waals surface area contributed by atoms with Gasteiger partial charge >= 0.3 is 0 Å². The van der Waals surface area contributed by atoms with Gasteiger partial charge in [0.25, 0.3) is 0 Å². The predicted octanol–water partition coefficient (Wildman–Crippen LogP) is 3.51. The second-order valence-electron chi connectivity index (χ2n) is 8.22. The summed E-state index contributed by atoms with van der Waals surface area (Å²) < 4.78 is 8.08. The Balaban J connectivity index is 1.36. The van der Waals surface area contributed by atoms with E-state index in [0.29, 0.717) is 0 Å². The van der Waals surface area contributed by atoms with Gasteiger partial charge in [0.1, 0.15) is 0 Å². The van der Waals surface area contributed by atoms with Crippen molar-refractivity contribution in [2.24, 2.45) is 0 Å². The molecule has 1 amide bonds. The normalized spacial score (nSPS) is 20.6. The van der Waals surface area contributed by atoms with Gasteiger partial charge in [-0.05, 0) is 45.7 Å². The highest BCUT2D eigenvalue weighted by Gasteiger charge is 2.28. The van der Waals surface area contributed by atoms with E-state index in [0.717, 1.165) is 63.0 Å². The molecule has 0 unspecified atom stereocenters. The number of carbonyl (C=O) groups excluding carboxylic acids is 1. The van der Waals surface area contributed by atoms with Crippen LogP contribution in [-0.2, 0) is 16.1 Å². The number of benzene rings is 1. The van der Waals surface area contributed by atoms with Crippen LogP contribution in [0.3, 0.4) is 0 Å². The second kappa shape index (κ2) is 9.43. The number of para-hydroxylation sites is 1. The molecule has 2 aliphatic heterocycles. The van der Waals surface area contributed by atoms with E-state index >= 15 is 0 Å². The van der Waals surface area contributed by atoms with Gasteiger partial charge in [-0.2, -0.15) is 0 Å². The number of ether oxygens (including phenoxy) is 1. The van der Waals surface area contributed by atoms with Crippen LogP contribution in [0.15, 0.2) is 35.5 Å². The molecule has 162 valence electrons. The largest absolute Gasteiger partial charge is 0.376 e. The maximum absolute atomic E-state index is 13.1. The molecule has 2 atom stereocenters. The van der Waals surface area contributed by atoms with E-state index < -0.39 is 0 Å². The first kappa shape index (κ1) is 21.2. The summed E-state index contributed by atoms with van der Waals surface area (Å²) in [5, 5.41) is 0.780. The van der Waals surface area contributed by atoms with E-state index in [9.17, 15) is 4.79 Å². The fraction of sp³-hybridized carbons (Fsp3) is 0.565. The maximum Gasteiger partial charge on any atom is 0.236 e. The average molecular weight is 429 g/mol. The molecule has 0 saturated carbocycles. The molecule has 2 aromatic rings. The van der Waals surface area contributed by atoms with Crippen LogP contribution in [0.25, 0.3) is 0 Å². The van der Waals surface area contributed by atoms with Gasteiger partial charge in [0.15, 0.2) is 5.16 Å². The van der Waals surface area contributed by atoms with Gasteiger partial charge in [-0.3, -0.25) is 4.79 Å². The van der Waals surface area contributed by atoms with Crippen molar-refractivity contribution in [3.63, 3.8) is 0 Å². The highest BCUT2D eigenvalue weighted by Crippen LogP contribution is 2.28. The highest BCUT2D eigenvalue weighted by atomic mass is 32.2. The minimum atomic E-state index is -0.155. The quantitative estimate of drug-likeness (QED) is 0.659. The van der Waals surface area contributed by atoms with Gasteiger partial charge in [0.2, 0.25) is 5.91 Å². The number of nitrogens with zero attached hydrogens (tertiary/aromatic N) is 4.